The van der Waals surface area contributed by atoms with Gasteiger partial charge in [-0.3, -0.25) is 4.98 Å². The van der Waals surface area contributed by atoms with E-state index in [-0.39, 0.29) is 18.0 Å². The van der Waals surface area contributed by atoms with Gasteiger partial charge in [-0.2, -0.15) is 0 Å². The number of likely N-dealkylation sites (N-methyl/N-ethyl adjacent to an activating group) is 1. The van der Waals surface area contributed by atoms with Crippen molar-refractivity contribution in [1.29, 1.82) is 0 Å². The molecular formula is C28H36FN7O2. The zero-order valence-electron chi connectivity index (χ0n) is 22.0. The van der Waals surface area contributed by atoms with Gasteiger partial charge in [0.1, 0.15) is 17.6 Å². The molecule has 1 saturated carbocycles. The topological polar surface area (TPSA) is 88.5 Å². The van der Waals surface area contributed by atoms with Crippen molar-refractivity contribution < 1.29 is 13.9 Å². The summed E-state index contributed by atoms with van der Waals surface area (Å²) in [6.07, 6.45) is 10.4. The number of benzene rings is 1. The van der Waals surface area contributed by atoms with E-state index in [1.807, 2.05) is 0 Å². The molecule has 0 spiro atoms. The van der Waals surface area contributed by atoms with Crippen LogP contribution in [-0.2, 0) is 11.2 Å². The molecule has 0 amide bonds. The van der Waals surface area contributed by atoms with Crippen LogP contribution >= 0.6 is 0 Å². The smallest absolute Gasteiger partial charge is 0.186 e. The fourth-order valence-corrected chi connectivity index (χ4v) is 5.92. The van der Waals surface area contributed by atoms with Crippen molar-refractivity contribution in [2.24, 2.45) is 5.92 Å². The number of nitrogens with zero attached hydrogens (tertiary/aromatic N) is 6. The quantitative estimate of drug-likeness (QED) is 0.500. The molecule has 2 aromatic heterocycles. The summed E-state index contributed by atoms with van der Waals surface area (Å²) in [7, 11) is 2.08. The molecule has 2 aliphatic heterocycles. The Morgan fingerprint density at radius 2 is 1.82 bits per heavy atom. The summed E-state index contributed by atoms with van der Waals surface area (Å²) in [5.41, 5.74) is 3.24. The van der Waals surface area contributed by atoms with Crippen LogP contribution in [0.15, 0.2) is 30.9 Å². The Morgan fingerprint density at radius 1 is 1.00 bits per heavy atom. The minimum atomic E-state index is -0.301. The molecule has 9 nitrogen and oxygen atoms in total. The van der Waals surface area contributed by atoms with Gasteiger partial charge in [-0.25, -0.2) is 19.3 Å². The summed E-state index contributed by atoms with van der Waals surface area (Å²) < 4.78 is 27.3. The SMILES string of the molecule is CN1CC[C@@H](Nc2ncnc(CC3CCC(Oc4cc(N5CCOCC5)cc5nccnc45)CC3)c2F)C1. The fourth-order valence-electron chi connectivity index (χ4n) is 5.92. The molecule has 1 aromatic carbocycles. The Labute approximate surface area is 222 Å². The number of halogens is 1. The lowest BCUT2D eigenvalue weighted by Gasteiger charge is -2.31. The van der Waals surface area contributed by atoms with E-state index in [0.29, 0.717) is 23.9 Å². The van der Waals surface area contributed by atoms with Gasteiger partial charge in [-0.05, 0) is 64.1 Å². The Kier molecular flexibility index (Phi) is 7.51. The second-order valence-corrected chi connectivity index (χ2v) is 10.8. The van der Waals surface area contributed by atoms with Gasteiger partial charge in [0, 0.05) is 49.8 Å². The van der Waals surface area contributed by atoms with E-state index < -0.39 is 0 Å². The number of aromatic nitrogens is 4. The predicted molar refractivity (Wildman–Crippen MR) is 144 cm³/mol. The van der Waals surface area contributed by atoms with Crippen LogP contribution in [-0.4, -0.2) is 83.4 Å². The number of nitrogens with one attached hydrogen (secondary N) is 1. The predicted octanol–water partition coefficient (Wildman–Crippen LogP) is 3.69. The lowest BCUT2D eigenvalue weighted by atomic mass is 9.84. The molecule has 2 saturated heterocycles. The molecular weight excluding hydrogens is 485 g/mol. The van der Waals surface area contributed by atoms with Crippen LogP contribution in [0.1, 0.15) is 37.8 Å². The molecule has 10 heteroatoms. The van der Waals surface area contributed by atoms with Gasteiger partial charge >= 0.3 is 0 Å². The highest BCUT2D eigenvalue weighted by Gasteiger charge is 2.27. The Morgan fingerprint density at radius 3 is 2.61 bits per heavy atom. The standard InChI is InChI=1S/C28H36FN7O2/c1-35-9-6-20(17-35)34-28-26(29)23(32-18-33-28)14-19-2-4-22(5-3-19)38-25-16-21(36-10-12-37-13-11-36)15-24-27(25)31-8-7-30-24/h7-8,15-16,18-20,22H,2-6,9-14,17H2,1H3,(H,32,33,34)/t19?,20-,22?/m1/s1. The van der Waals surface area contributed by atoms with Gasteiger partial charge in [0.25, 0.3) is 0 Å². The molecule has 3 fully saturated rings. The summed E-state index contributed by atoms with van der Waals surface area (Å²) in [5.74, 6) is 1.20. The Balaban J connectivity index is 1.09. The summed E-state index contributed by atoms with van der Waals surface area (Å²) in [6.45, 7) is 5.07. The molecule has 4 heterocycles. The molecule has 0 radical (unpaired) electrons. The second-order valence-electron chi connectivity index (χ2n) is 10.8. The first kappa shape index (κ1) is 25.2. The van der Waals surface area contributed by atoms with Gasteiger partial charge in [0.05, 0.1) is 30.5 Å². The number of morpholine rings is 1. The number of rotatable bonds is 7. The maximum atomic E-state index is 15.2. The highest BCUT2D eigenvalue weighted by molar-refractivity contribution is 5.85. The largest absolute Gasteiger partial charge is 0.488 e. The molecule has 0 bridgehead atoms. The highest BCUT2D eigenvalue weighted by atomic mass is 19.1. The van der Waals surface area contributed by atoms with Crippen molar-refractivity contribution in [2.75, 3.05) is 56.7 Å². The third kappa shape index (κ3) is 5.66. The van der Waals surface area contributed by atoms with Crippen LogP contribution in [0.2, 0.25) is 0 Å². The van der Waals surface area contributed by atoms with Gasteiger partial charge in [-0.15, -0.1) is 0 Å². The number of fused-ring (bicyclic) bond motifs is 1. The van der Waals surface area contributed by atoms with E-state index in [4.69, 9.17) is 9.47 Å². The molecule has 202 valence electrons. The van der Waals surface area contributed by atoms with Crippen LogP contribution < -0.4 is 15.0 Å². The Hall–Kier alpha value is -3.11. The van der Waals surface area contributed by atoms with Crippen molar-refractivity contribution in [3.8, 4) is 5.75 Å². The van der Waals surface area contributed by atoms with Crippen LogP contribution in [0.3, 0.4) is 0 Å². The van der Waals surface area contributed by atoms with E-state index in [0.717, 1.165) is 94.0 Å². The molecule has 38 heavy (non-hydrogen) atoms. The third-order valence-electron chi connectivity index (χ3n) is 8.06. The van der Waals surface area contributed by atoms with Gasteiger partial charge in [0.2, 0.25) is 0 Å². The number of likely N-dealkylation sites (tertiary alicyclic amines) is 1. The Bertz CT molecular complexity index is 1250. The van der Waals surface area contributed by atoms with E-state index in [1.165, 1.54) is 6.33 Å². The van der Waals surface area contributed by atoms with Crippen molar-refractivity contribution in [3.63, 3.8) is 0 Å². The van der Waals surface area contributed by atoms with Gasteiger partial charge < -0.3 is 24.6 Å². The first-order valence-electron chi connectivity index (χ1n) is 13.8. The van der Waals surface area contributed by atoms with Crippen LogP contribution in [0.25, 0.3) is 11.0 Å². The molecule has 1 N–H and O–H groups in total. The minimum absolute atomic E-state index is 0.100. The molecule has 1 aliphatic carbocycles. The van der Waals surface area contributed by atoms with E-state index in [9.17, 15) is 0 Å². The highest BCUT2D eigenvalue weighted by Crippen LogP contribution is 2.35. The zero-order chi connectivity index (χ0) is 25.9. The van der Waals surface area contributed by atoms with Gasteiger partial charge in [-0.1, -0.05) is 0 Å². The fraction of sp³-hybridized carbons (Fsp3) is 0.571. The van der Waals surface area contributed by atoms with Crippen molar-refractivity contribution >= 4 is 22.5 Å². The normalized spacial score (nSPS) is 24.6. The van der Waals surface area contributed by atoms with Crippen molar-refractivity contribution in [3.05, 3.63) is 42.4 Å². The van der Waals surface area contributed by atoms with Crippen LogP contribution in [0, 0.1) is 11.7 Å². The lowest BCUT2D eigenvalue weighted by molar-refractivity contribution is 0.122. The number of hydrogen-bond acceptors (Lipinski definition) is 9. The summed E-state index contributed by atoms with van der Waals surface area (Å²) in [4.78, 5) is 22.2. The summed E-state index contributed by atoms with van der Waals surface area (Å²) in [5, 5.41) is 3.29. The summed E-state index contributed by atoms with van der Waals surface area (Å²) >= 11 is 0. The maximum absolute atomic E-state index is 15.2. The third-order valence-corrected chi connectivity index (χ3v) is 8.06. The van der Waals surface area contributed by atoms with Crippen molar-refractivity contribution in [1.82, 2.24) is 24.8 Å². The molecule has 1 atom stereocenters. The van der Waals surface area contributed by atoms with Gasteiger partial charge in [0.15, 0.2) is 11.6 Å². The molecule has 3 aromatic rings. The lowest BCUT2D eigenvalue weighted by Crippen LogP contribution is -2.36. The number of ether oxygens (including phenoxy) is 2. The van der Waals surface area contributed by atoms with Crippen molar-refractivity contribution in [2.45, 2.75) is 50.7 Å². The monoisotopic (exact) mass is 521 g/mol. The number of anilines is 2. The zero-order valence-corrected chi connectivity index (χ0v) is 22.0. The first-order chi connectivity index (χ1) is 18.6. The maximum Gasteiger partial charge on any atom is 0.186 e. The second kappa shape index (κ2) is 11.3. The molecule has 3 aliphatic rings. The van der Waals surface area contributed by atoms with E-state index in [1.54, 1.807) is 12.4 Å². The van der Waals surface area contributed by atoms with Crippen LogP contribution in [0.4, 0.5) is 15.9 Å². The molecule has 6 rings (SSSR count). The average molecular weight is 522 g/mol. The van der Waals surface area contributed by atoms with E-state index in [2.05, 4.69) is 54.2 Å². The first-order valence-corrected chi connectivity index (χ1v) is 13.8. The minimum Gasteiger partial charge on any atom is -0.488 e. The average Bonchev–Trinajstić information content (AvgIpc) is 3.36. The van der Waals surface area contributed by atoms with Crippen LogP contribution in [0.5, 0.6) is 5.75 Å². The molecule has 0 unspecified atom stereocenters. The van der Waals surface area contributed by atoms with E-state index >= 15 is 4.39 Å². The summed E-state index contributed by atoms with van der Waals surface area (Å²) in [6, 6.07) is 4.41. The number of hydrogen-bond donors (Lipinski definition) is 1.